The molecule has 1 fully saturated rings. The van der Waals surface area contributed by atoms with Crippen LogP contribution in [-0.4, -0.2) is 32.2 Å². The predicted molar refractivity (Wildman–Crippen MR) is 106 cm³/mol. The Bertz CT molecular complexity index is 1010. The topological polar surface area (TPSA) is 70.8 Å². The van der Waals surface area contributed by atoms with Gasteiger partial charge in [0.25, 0.3) is 5.91 Å². The largest absolute Gasteiger partial charge is 0.480 e. The van der Waals surface area contributed by atoms with Crippen LogP contribution in [0, 0.1) is 0 Å². The van der Waals surface area contributed by atoms with E-state index in [0.29, 0.717) is 0 Å². The van der Waals surface area contributed by atoms with E-state index in [-0.39, 0.29) is 32.7 Å². The molecule has 0 spiro atoms. The lowest BCUT2D eigenvalue weighted by atomic mass is 10.1. The van der Waals surface area contributed by atoms with E-state index in [1.807, 2.05) is 0 Å². The lowest BCUT2D eigenvalue weighted by Gasteiger charge is -2.21. The SMILES string of the molecule is CCC(C(=O)O)N1C(=O)C(=Cc2ccc(-c3ccccc3C(F)(F)F)o2)SC1=S. The third-order valence-electron chi connectivity index (χ3n) is 4.21. The first-order valence-electron chi connectivity index (χ1n) is 8.39. The second-order valence-corrected chi connectivity index (χ2v) is 7.74. The van der Waals surface area contributed by atoms with E-state index in [9.17, 15) is 27.9 Å². The smallest absolute Gasteiger partial charge is 0.417 e. The van der Waals surface area contributed by atoms with E-state index in [2.05, 4.69) is 0 Å². The van der Waals surface area contributed by atoms with Gasteiger partial charge in [0.1, 0.15) is 21.9 Å². The second-order valence-electron chi connectivity index (χ2n) is 6.06. The Morgan fingerprint density at radius 1 is 1.31 bits per heavy atom. The highest BCUT2D eigenvalue weighted by atomic mass is 32.2. The number of amides is 1. The Kier molecular flexibility index (Phi) is 5.85. The summed E-state index contributed by atoms with van der Waals surface area (Å²) in [5.41, 5.74) is -0.955. The summed E-state index contributed by atoms with van der Waals surface area (Å²) < 4.78 is 45.2. The molecule has 0 aliphatic carbocycles. The molecule has 1 N–H and O–H groups in total. The standard InChI is InChI=1S/C19H14F3NO4S2/c1-2-13(17(25)26)23-16(24)15(29-18(23)28)9-10-7-8-14(27-10)11-5-3-4-6-12(11)19(20,21)22/h3-9,13H,2H2,1H3,(H,25,26). The molecule has 1 aliphatic rings. The molecular formula is C19H14F3NO4S2. The van der Waals surface area contributed by atoms with Gasteiger partial charge in [-0.3, -0.25) is 9.69 Å². The van der Waals surface area contributed by atoms with Crippen LogP contribution in [0.15, 0.2) is 45.7 Å². The van der Waals surface area contributed by atoms with Crippen LogP contribution in [0.3, 0.4) is 0 Å². The van der Waals surface area contributed by atoms with Crippen molar-refractivity contribution >= 4 is 46.3 Å². The van der Waals surface area contributed by atoms with Crippen LogP contribution in [0.4, 0.5) is 13.2 Å². The van der Waals surface area contributed by atoms with Crippen LogP contribution >= 0.6 is 24.0 Å². The predicted octanol–water partition coefficient (Wildman–Crippen LogP) is 5.03. The zero-order valence-corrected chi connectivity index (χ0v) is 16.5. The van der Waals surface area contributed by atoms with E-state index in [0.717, 1.165) is 22.7 Å². The Balaban J connectivity index is 1.91. The van der Waals surface area contributed by atoms with Gasteiger partial charge in [-0.15, -0.1) is 0 Å². The van der Waals surface area contributed by atoms with Crippen molar-refractivity contribution in [3.63, 3.8) is 0 Å². The molecule has 5 nitrogen and oxygen atoms in total. The molecule has 0 bridgehead atoms. The van der Waals surface area contributed by atoms with Crippen LogP contribution in [-0.2, 0) is 15.8 Å². The number of carboxylic acid groups (broad SMARTS) is 1. The van der Waals surface area contributed by atoms with Crippen molar-refractivity contribution in [3.05, 3.63) is 52.6 Å². The van der Waals surface area contributed by atoms with E-state index in [1.54, 1.807) is 6.92 Å². The number of nitrogens with zero attached hydrogens (tertiary/aromatic N) is 1. The van der Waals surface area contributed by atoms with Crippen molar-refractivity contribution in [1.82, 2.24) is 4.90 Å². The first-order chi connectivity index (χ1) is 13.6. The molecule has 1 atom stereocenters. The Labute approximate surface area is 173 Å². The van der Waals surface area contributed by atoms with Gasteiger partial charge in [-0.25, -0.2) is 4.79 Å². The zero-order chi connectivity index (χ0) is 21.3. The van der Waals surface area contributed by atoms with Crippen LogP contribution in [0.2, 0.25) is 0 Å². The molecular weight excluding hydrogens is 427 g/mol. The van der Waals surface area contributed by atoms with E-state index in [4.69, 9.17) is 16.6 Å². The number of thiocarbonyl (C=S) groups is 1. The average molecular weight is 441 g/mol. The molecule has 1 aromatic heterocycles. The van der Waals surface area contributed by atoms with Gasteiger partial charge in [-0.1, -0.05) is 49.1 Å². The van der Waals surface area contributed by atoms with Crippen LogP contribution in [0.1, 0.15) is 24.7 Å². The fourth-order valence-electron chi connectivity index (χ4n) is 2.87. The van der Waals surface area contributed by atoms with Crippen molar-refractivity contribution in [3.8, 4) is 11.3 Å². The van der Waals surface area contributed by atoms with Gasteiger partial charge in [0.05, 0.1) is 10.5 Å². The number of carbonyl (C=O) groups excluding carboxylic acids is 1. The first-order valence-corrected chi connectivity index (χ1v) is 9.62. The monoisotopic (exact) mass is 441 g/mol. The molecule has 1 aliphatic heterocycles. The highest BCUT2D eigenvalue weighted by Gasteiger charge is 2.40. The third-order valence-corrected chi connectivity index (χ3v) is 5.54. The summed E-state index contributed by atoms with van der Waals surface area (Å²) >= 11 is 6.04. The number of furan rings is 1. The summed E-state index contributed by atoms with van der Waals surface area (Å²) in [4.78, 5) is 25.1. The minimum Gasteiger partial charge on any atom is -0.480 e. The number of hydrogen-bond donors (Lipinski definition) is 1. The van der Waals surface area contributed by atoms with Crippen LogP contribution in [0.25, 0.3) is 17.4 Å². The van der Waals surface area contributed by atoms with Gasteiger partial charge in [0.15, 0.2) is 0 Å². The van der Waals surface area contributed by atoms with E-state index >= 15 is 0 Å². The number of thioether (sulfide) groups is 1. The van der Waals surface area contributed by atoms with Gasteiger partial charge in [0, 0.05) is 11.6 Å². The lowest BCUT2D eigenvalue weighted by molar-refractivity contribution is -0.145. The molecule has 1 saturated heterocycles. The average Bonchev–Trinajstić information content (AvgIpc) is 3.22. The second kappa shape index (κ2) is 8.03. The lowest BCUT2D eigenvalue weighted by Crippen LogP contribution is -2.43. The summed E-state index contributed by atoms with van der Waals surface area (Å²) in [6.45, 7) is 1.62. The molecule has 2 aromatic rings. The zero-order valence-electron chi connectivity index (χ0n) is 14.9. The Morgan fingerprint density at radius 2 is 2.00 bits per heavy atom. The molecule has 152 valence electrons. The maximum absolute atomic E-state index is 13.2. The summed E-state index contributed by atoms with van der Waals surface area (Å²) in [7, 11) is 0. The molecule has 1 unspecified atom stereocenters. The summed E-state index contributed by atoms with van der Waals surface area (Å²) in [5.74, 6) is -1.60. The fourth-order valence-corrected chi connectivity index (χ4v) is 4.20. The van der Waals surface area contributed by atoms with Crippen molar-refractivity contribution in [2.24, 2.45) is 0 Å². The minimum absolute atomic E-state index is 0.00313. The fraction of sp³-hybridized carbons (Fsp3) is 0.211. The molecule has 2 heterocycles. The summed E-state index contributed by atoms with van der Waals surface area (Å²) in [5, 5.41) is 9.27. The molecule has 0 saturated carbocycles. The van der Waals surface area contributed by atoms with E-state index in [1.165, 1.54) is 36.4 Å². The number of halogens is 3. The third kappa shape index (κ3) is 4.23. The quantitative estimate of drug-likeness (QED) is 0.518. The minimum atomic E-state index is -4.54. The van der Waals surface area contributed by atoms with Gasteiger partial charge in [0.2, 0.25) is 0 Å². The number of carboxylic acids is 1. The van der Waals surface area contributed by atoms with Gasteiger partial charge < -0.3 is 9.52 Å². The van der Waals surface area contributed by atoms with E-state index < -0.39 is 29.7 Å². The first kappa shape index (κ1) is 21.1. The Hall–Kier alpha value is -2.59. The number of carbonyl (C=O) groups is 2. The van der Waals surface area contributed by atoms with Gasteiger partial charge in [-0.05, 0) is 24.6 Å². The number of alkyl halides is 3. The number of benzene rings is 1. The summed E-state index contributed by atoms with van der Waals surface area (Å²) in [6.07, 6.45) is -3.03. The molecule has 29 heavy (non-hydrogen) atoms. The number of hydrogen-bond acceptors (Lipinski definition) is 5. The summed E-state index contributed by atoms with van der Waals surface area (Å²) in [6, 6.07) is 6.73. The van der Waals surface area contributed by atoms with Crippen LogP contribution < -0.4 is 0 Å². The highest BCUT2D eigenvalue weighted by Crippen LogP contribution is 2.39. The maximum atomic E-state index is 13.2. The molecule has 1 aromatic carbocycles. The highest BCUT2D eigenvalue weighted by molar-refractivity contribution is 8.26. The van der Waals surface area contributed by atoms with Crippen LogP contribution in [0.5, 0.6) is 0 Å². The van der Waals surface area contributed by atoms with Gasteiger partial charge >= 0.3 is 12.1 Å². The molecule has 10 heteroatoms. The van der Waals surface area contributed by atoms with Crippen molar-refractivity contribution in [1.29, 1.82) is 0 Å². The van der Waals surface area contributed by atoms with Crippen molar-refractivity contribution in [2.75, 3.05) is 0 Å². The molecule has 0 radical (unpaired) electrons. The Morgan fingerprint density at radius 3 is 2.62 bits per heavy atom. The van der Waals surface area contributed by atoms with Crippen molar-refractivity contribution < 1.29 is 32.3 Å². The molecule has 1 amide bonds. The normalized spacial score (nSPS) is 17.2. The van der Waals surface area contributed by atoms with Gasteiger partial charge in [-0.2, -0.15) is 13.2 Å². The van der Waals surface area contributed by atoms with Crippen molar-refractivity contribution in [2.45, 2.75) is 25.6 Å². The molecule has 3 rings (SSSR count). The number of aliphatic carboxylic acids is 1. The maximum Gasteiger partial charge on any atom is 0.417 e. The number of rotatable bonds is 5.